The smallest absolute Gasteiger partial charge is 0.273 e. The third-order valence-electron chi connectivity index (χ3n) is 2.71. The van der Waals surface area contributed by atoms with Crippen molar-refractivity contribution >= 4 is 17.5 Å². The van der Waals surface area contributed by atoms with E-state index in [0.29, 0.717) is 6.54 Å². The van der Waals surface area contributed by atoms with E-state index in [1.165, 1.54) is 29.9 Å². The normalized spacial score (nSPS) is 10.3. The zero-order valence-corrected chi connectivity index (χ0v) is 10.9. The maximum absolute atomic E-state index is 12.1. The highest BCUT2D eigenvalue weighted by molar-refractivity contribution is 6.04. The Hall–Kier alpha value is -2.84. The van der Waals surface area contributed by atoms with E-state index in [1.807, 2.05) is 6.92 Å². The molecule has 1 aromatic heterocycles. The fourth-order valence-corrected chi connectivity index (χ4v) is 1.66. The molecule has 0 atom stereocenters. The number of amides is 1. The molecule has 104 valence electrons. The van der Waals surface area contributed by atoms with Crippen molar-refractivity contribution < 1.29 is 9.72 Å². The Balaban J connectivity index is 2.25. The number of nitrogens with one attached hydrogen (secondary N) is 1. The van der Waals surface area contributed by atoms with Crippen molar-refractivity contribution in [1.29, 1.82) is 0 Å². The Kier molecular flexibility index (Phi) is 3.69. The predicted octanol–water partition coefficient (Wildman–Crippen LogP) is 1.16. The summed E-state index contributed by atoms with van der Waals surface area (Å²) in [5.74, 6) is -0.454. The monoisotopic (exact) mass is 276 g/mol. The molecule has 0 aliphatic carbocycles. The molecule has 0 radical (unpaired) electrons. The number of nitro benzene ring substituents is 1. The second kappa shape index (κ2) is 5.43. The molecule has 0 spiro atoms. The number of benzene rings is 1. The van der Waals surface area contributed by atoms with Gasteiger partial charge in [-0.05, 0) is 25.1 Å². The molecular weight excluding hydrogens is 264 g/mol. The molecule has 1 amide bonds. The molecule has 1 heterocycles. The fourth-order valence-electron chi connectivity index (χ4n) is 1.66. The van der Waals surface area contributed by atoms with E-state index in [9.17, 15) is 14.9 Å². The van der Waals surface area contributed by atoms with Crippen molar-refractivity contribution in [3.8, 4) is 0 Å². The summed E-state index contributed by atoms with van der Waals surface area (Å²) < 4.78 is 0. The molecule has 1 N–H and O–H groups in total. The molecule has 0 aliphatic heterocycles. The lowest BCUT2D eigenvalue weighted by atomic mass is 10.1. The van der Waals surface area contributed by atoms with E-state index in [4.69, 9.17) is 0 Å². The lowest BCUT2D eigenvalue weighted by Crippen LogP contribution is -2.15. The molecule has 0 fully saturated rings. The van der Waals surface area contributed by atoms with Crippen molar-refractivity contribution in [2.75, 3.05) is 5.32 Å². The van der Waals surface area contributed by atoms with Crippen molar-refractivity contribution in [3.63, 3.8) is 0 Å². The number of carbonyl (C=O) groups is 1. The zero-order valence-electron chi connectivity index (χ0n) is 10.9. The maximum atomic E-state index is 12.1. The van der Waals surface area contributed by atoms with Gasteiger partial charge in [-0.15, -0.1) is 5.10 Å². The summed E-state index contributed by atoms with van der Waals surface area (Å²) in [5.41, 5.74) is 0.382. The Morgan fingerprint density at radius 2 is 2.25 bits per heavy atom. The van der Waals surface area contributed by atoms with E-state index in [1.54, 1.807) is 0 Å². The molecule has 9 nitrogen and oxygen atoms in total. The van der Waals surface area contributed by atoms with Crippen LogP contribution in [0.3, 0.4) is 0 Å². The van der Waals surface area contributed by atoms with E-state index < -0.39 is 10.8 Å². The van der Waals surface area contributed by atoms with Gasteiger partial charge in [0.1, 0.15) is 0 Å². The molecular formula is C11H12N6O3. The van der Waals surface area contributed by atoms with Crippen LogP contribution < -0.4 is 5.32 Å². The van der Waals surface area contributed by atoms with Crippen molar-refractivity contribution in [3.05, 3.63) is 39.4 Å². The highest BCUT2D eigenvalue weighted by Gasteiger charge is 2.18. The van der Waals surface area contributed by atoms with Crippen LogP contribution in [0.1, 0.15) is 22.8 Å². The third kappa shape index (κ3) is 2.60. The largest absolute Gasteiger partial charge is 0.288 e. The summed E-state index contributed by atoms with van der Waals surface area (Å²) in [6.07, 6.45) is 0. The van der Waals surface area contributed by atoms with E-state index in [0.717, 1.165) is 0 Å². The summed E-state index contributed by atoms with van der Waals surface area (Å²) in [5, 5.41) is 24.6. The minimum absolute atomic E-state index is 0.0581. The van der Waals surface area contributed by atoms with Gasteiger partial charge < -0.3 is 0 Å². The molecule has 0 saturated heterocycles. The summed E-state index contributed by atoms with van der Waals surface area (Å²) in [7, 11) is 0. The van der Waals surface area contributed by atoms with Crippen LogP contribution >= 0.6 is 0 Å². The SMILES string of the molecule is CCn1nnc(NC(=O)c2cccc([N+](=O)[O-])c2C)n1. The van der Waals surface area contributed by atoms with Gasteiger partial charge in [-0.2, -0.15) is 4.80 Å². The highest BCUT2D eigenvalue weighted by atomic mass is 16.6. The Bertz CT molecular complexity index is 666. The molecule has 0 saturated carbocycles. The molecule has 20 heavy (non-hydrogen) atoms. The molecule has 0 aliphatic rings. The van der Waals surface area contributed by atoms with Crippen LogP contribution in [-0.2, 0) is 6.54 Å². The first kappa shape index (κ1) is 13.6. The van der Waals surface area contributed by atoms with Gasteiger partial charge in [0.2, 0.25) is 0 Å². The quantitative estimate of drug-likeness (QED) is 0.661. The molecule has 0 unspecified atom stereocenters. The average Bonchev–Trinajstić information content (AvgIpc) is 2.86. The first-order valence-corrected chi connectivity index (χ1v) is 5.86. The molecule has 2 aromatic rings. The topological polar surface area (TPSA) is 116 Å². The van der Waals surface area contributed by atoms with Crippen molar-refractivity contribution in [1.82, 2.24) is 20.2 Å². The summed E-state index contributed by atoms with van der Waals surface area (Å²) in [4.78, 5) is 23.7. The van der Waals surface area contributed by atoms with E-state index in [-0.39, 0.29) is 22.8 Å². The van der Waals surface area contributed by atoms with E-state index >= 15 is 0 Å². The lowest BCUT2D eigenvalue weighted by molar-refractivity contribution is -0.385. The fraction of sp³-hybridized carbons (Fsp3) is 0.273. The van der Waals surface area contributed by atoms with Gasteiger partial charge in [-0.3, -0.25) is 20.2 Å². The van der Waals surface area contributed by atoms with Gasteiger partial charge in [0.15, 0.2) is 0 Å². The first-order valence-electron chi connectivity index (χ1n) is 5.86. The van der Waals surface area contributed by atoms with Gasteiger partial charge in [0, 0.05) is 17.2 Å². The third-order valence-corrected chi connectivity index (χ3v) is 2.71. The number of hydrogen-bond acceptors (Lipinski definition) is 6. The van der Waals surface area contributed by atoms with Crippen molar-refractivity contribution in [2.24, 2.45) is 0 Å². The Morgan fingerprint density at radius 3 is 2.85 bits per heavy atom. The lowest BCUT2D eigenvalue weighted by Gasteiger charge is -2.04. The van der Waals surface area contributed by atoms with Crippen LogP contribution in [0.25, 0.3) is 0 Å². The molecule has 0 bridgehead atoms. The average molecular weight is 276 g/mol. The van der Waals surface area contributed by atoms with Gasteiger partial charge in [0.25, 0.3) is 17.5 Å². The molecule has 2 rings (SSSR count). The number of hydrogen-bond donors (Lipinski definition) is 1. The predicted molar refractivity (Wildman–Crippen MR) is 69.3 cm³/mol. The second-order valence-electron chi connectivity index (χ2n) is 3.96. The Labute approximate surface area is 113 Å². The van der Waals surface area contributed by atoms with E-state index in [2.05, 4.69) is 20.7 Å². The minimum atomic E-state index is -0.530. The van der Waals surface area contributed by atoms with Crippen LogP contribution in [-0.4, -0.2) is 31.0 Å². The summed E-state index contributed by atoms with van der Waals surface area (Å²) in [6, 6.07) is 4.30. The first-order chi connectivity index (χ1) is 9.52. The standard InChI is InChI=1S/C11H12N6O3/c1-3-16-14-11(13-15-16)12-10(18)8-5-4-6-9(7(8)2)17(19)20/h4-6H,3H2,1-2H3,(H,12,14,18). The number of aromatic nitrogens is 4. The van der Waals surface area contributed by atoms with Gasteiger partial charge in [0.05, 0.1) is 11.5 Å². The number of rotatable bonds is 4. The maximum Gasteiger partial charge on any atom is 0.273 e. The zero-order chi connectivity index (χ0) is 14.7. The number of nitro groups is 1. The number of aryl methyl sites for hydroxylation is 1. The van der Waals surface area contributed by atoms with Crippen LogP contribution in [0.4, 0.5) is 11.6 Å². The van der Waals surface area contributed by atoms with Crippen molar-refractivity contribution in [2.45, 2.75) is 20.4 Å². The van der Waals surface area contributed by atoms with Gasteiger partial charge in [-0.1, -0.05) is 11.2 Å². The number of carbonyl (C=O) groups excluding carboxylic acids is 1. The minimum Gasteiger partial charge on any atom is -0.288 e. The van der Waals surface area contributed by atoms with Crippen LogP contribution in [0.5, 0.6) is 0 Å². The second-order valence-corrected chi connectivity index (χ2v) is 3.96. The van der Waals surface area contributed by atoms with Crippen LogP contribution in [0.2, 0.25) is 0 Å². The van der Waals surface area contributed by atoms with Gasteiger partial charge >= 0.3 is 0 Å². The van der Waals surface area contributed by atoms with Crippen LogP contribution in [0.15, 0.2) is 18.2 Å². The summed E-state index contributed by atoms with van der Waals surface area (Å²) in [6.45, 7) is 3.88. The number of tetrazole rings is 1. The Morgan fingerprint density at radius 1 is 1.50 bits per heavy atom. The number of nitrogens with zero attached hydrogens (tertiary/aromatic N) is 5. The molecule has 9 heteroatoms. The number of anilines is 1. The van der Waals surface area contributed by atoms with Gasteiger partial charge in [-0.25, -0.2) is 0 Å². The van der Waals surface area contributed by atoms with Crippen LogP contribution in [0, 0.1) is 17.0 Å². The molecule has 1 aromatic carbocycles. The highest BCUT2D eigenvalue weighted by Crippen LogP contribution is 2.21. The summed E-state index contributed by atoms with van der Waals surface area (Å²) >= 11 is 0.